The highest BCUT2D eigenvalue weighted by Crippen LogP contribution is 2.10. The Morgan fingerprint density at radius 1 is 1.06 bits per heavy atom. The first kappa shape index (κ1) is 14.7. The Labute approximate surface area is 110 Å². The highest BCUT2D eigenvalue weighted by atomic mass is 15.0. The maximum Gasteiger partial charge on any atom is 0.132 e. The van der Waals surface area contributed by atoms with E-state index in [2.05, 4.69) is 22.2 Å². The van der Waals surface area contributed by atoms with Crippen LogP contribution in [0.15, 0.2) is 6.07 Å². The highest BCUT2D eigenvalue weighted by Gasteiger charge is 2.00. The van der Waals surface area contributed by atoms with Crippen LogP contribution in [0.25, 0.3) is 0 Å². The number of rotatable bonds is 9. The summed E-state index contributed by atoms with van der Waals surface area (Å²) in [4.78, 5) is 8.55. The monoisotopic (exact) mass is 250 g/mol. The smallest absolute Gasteiger partial charge is 0.132 e. The standard InChI is InChI=1S/C14H26N4/c1-3-5-6-7-8-9-10-16-14-11-12(15)17-13(4-2)18-14/h11H,3-10H2,1-2H3,(H3,15,16,17,18). The lowest BCUT2D eigenvalue weighted by molar-refractivity contribution is 0.616. The van der Waals surface area contributed by atoms with Gasteiger partial charge in [0.15, 0.2) is 0 Å². The number of unbranched alkanes of at least 4 members (excludes halogenated alkanes) is 5. The Balaban J connectivity index is 2.20. The quantitative estimate of drug-likeness (QED) is 0.659. The molecule has 0 saturated carbocycles. The summed E-state index contributed by atoms with van der Waals surface area (Å²) < 4.78 is 0. The molecule has 0 radical (unpaired) electrons. The van der Waals surface area contributed by atoms with Crippen LogP contribution in [0, 0.1) is 0 Å². The van der Waals surface area contributed by atoms with Gasteiger partial charge in [-0.15, -0.1) is 0 Å². The summed E-state index contributed by atoms with van der Waals surface area (Å²) in [5.41, 5.74) is 5.73. The number of nitrogens with two attached hydrogens (primary N) is 1. The lowest BCUT2D eigenvalue weighted by atomic mass is 10.1. The Bertz CT molecular complexity index is 339. The van der Waals surface area contributed by atoms with Gasteiger partial charge in [0, 0.05) is 19.0 Å². The molecule has 4 nitrogen and oxygen atoms in total. The number of aromatic nitrogens is 2. The van der Waals surface area contributed by atoms with Crippen molar-refractivity contribution in [3.8, 4) is 0 Å². The zero-order valence-electron chi connectivity index (χ0n) is 11.7. The second-order valence-corrected chi connectivity index (χ2v) is 4.64. The number of nitrogen functional groups attached to an aromatic ring is 1. The van der Waals surface area contributed by atoms with Crippen LogP contribution in [0.1, 0.15) is 58.2 Å². The molecule has 0 saturated heterocycles. The van der Waals surface area contributed by atoms with E-state index in [-0.39, 0.29) is 0 Å². The summed E-state index contributed by atoms with van der Waals surface area (Å²) in [6.45, 7) is 5.24. The molecule has 0 aliphatic heterocycles. The summed E-state index contributed by atoms with van der Waals surface area (Å²) in [7, 11) is 0. The number of nitrogens with one attached hydrogen (secondary N) is 1. The van der Waals surface area contributed by atoms with Crippen LogP contribution in [-0.4, -0.2) is 16.5 Å². The van der Waals surface area contributed by atoms with Crippen LogP contribution in [0.3, 0.4) is 0 Å². The van der Waals surface area contributed by atoms with E-state index in [1.807, 2.05) is 6.92 Å². The molecule has 4 heteroatoms. The maximum atomic E-state index is 5.73. The zero-order chi connectivity index (χ0) is 13.2. The first-order valence-electron chi connectivity index (χ1n) is 7.13. The van der Waals surface area contributed by atoms with E-state index < -0.39 is 0 Å². The van der Waals surface area contributed by atoms with Crippen molar-refractivity contribution >= 4 is 11.6 Å². The molecule has 1 aromatic heterocycles. The van der Waals surface area contributed by atoms with Crippen molar-refractivity contribution in [2.75, 3.05) is 17.6 Å². The number of anilines is 2. The molecule has 0 bridgehead atoms. The molecular weight excluding hydrogens is 224 g/mol. The average Bonchev–Trinajstić information content (AvgIpc) is 2.37. The van der Waals surface area contributed by atoms with E-state index in [0.29, 0.717) is 5.82 Å². The van der Waals surface area contributed by atoms with Crippen LogP contribution in [0.4, 0.5) is 11.6 Å². The molecule has 0 unspecified atom stereocenters. The van der Waals surface area contributed by atoms with Gasteiger partial charge in [-0.3, -0.25) is 0 Å². The van der Waals surface area contributed by atoms with Crippen molar-refractivity contribution in [2.24, 2.45) is 0 Å². The lowest BCUT2D eigenvalue weighted by Crippen LogP contribution is -2.07. The minimum atomic E-state index is 0.548. The number of aryl methyl sites for hydroxylation is 1. The summed E-state index contributed by atoms with van der Waals surface area (Å²) >= 11 is 0. The first-order chi connectivity index (χ1) is 8.76. The molecule has 0 amide bonds. The van der Waals surface area contributed by atoms with E-state index in [4.69, 9.17) is 5.73 Å². The molecule has 0 spiro atoms. The third-order valence-corrected chi connectivity index (χ3v) is 2.94. The molecule has 18 heavy (non-hydrogen) atoms. The van der Waals surface area contributed by atoms with Gasteiger partial charge in [0.05, 0.1) is 0 Å². The number of nitrogens with zero attached hydrogens (tertiary/aromatic N) is 2. The molecule has 0 aromatic carbocycles. The van der Waals surface area contributed by atoms with E-state index in [1.165, 1.54) is 38.5 Å². The van der Waals surface area contributed by atoms with Crippen LogP contribution in [0.5, 0.6) is 0 Å². The van der Waals surface area contributed by atoms with Gasteiger partial charge in [0.25, 0.3) is 0 Å². The van der Waals surface area contributed by atoms with Gasteiger partial charge < -0.3 is 11.1 Å². The molecule has 1 heterocycles. The van der Waals surface area contributed by atoms with Crippen molar-refractivity contribution < 1.29 is 0 Å². The molecule has 0 aliphatic carbocycles. The molecule has 1 rings (SSSR count). The van der Waals surface area contributed by atoms with Gasteiger partial charge in [-0.2, -0.15) is 0 Å². The number of hydrogen-bond donors (Lipinski definition) is 2. The Hall–Kier alpha value is -1.32. The summed E-state index contributed by atoms with van der Waals surface area (Å²) in [6.07, 6.45) is 8.65. The zero-order valence-corrected chi connectivity index (χ0v) is 11.7. The van der Waals surface area contributed by atoms with E-state index in [1.54, 1.807) is 6.07 Å². The second kappa shape index (κ2) is 8.72. The molecular formula is C14H26N4. The topological polar surface area (TPSA) is 63.8 Å². The third-order valence-electron chi connectivity index (χ3n) is 2.94. The van der Waals surface area contributed by atoms with Crippen LogP contribution in [-0.2, 0) is 6.42 Å². The van der Waals surface area contributed by atoms with E-state index in [0.717, 1.165) is 24.6 Å². The van der Waals surface area contributed by atoms with E-state index >= 15 is 0 Å². The first-order valence-corrected chi connectivity index (χ1v) is 7.13. The van der Waals surface area contributed by atoms with E-state index in [9.17, 15) is 0 Å². The van der Waals surface area contributed by atoms with Gasteiger partial charge in [-0.1, -0.05) is 46.0 Å². The fourth-order valence-corrected chi connectivity index (χ4v) is 1.89. The summed E-state index contributed by atoms with van der Waals surface area (Å²) in [5, 5.41) is 3.32. The van der Waals surface area contributed by atoms with Crippen molar-refractivity contribution in [2.45, 2.75) is 58.8 Å². The van der Waals surface area contributed by atoms with Gasteiger partial charge in [-0.25, -0.2) is 9.97 Å². The van der Waals surface area contributed by atoms with Crippen molar-refractivity contribution in [1.82, 2.24) is 9.97 Å². The fraction of sp³-hybridized carbons (Fsp3) is 0.714. The summed E-state index contributed by atoms with van der Waals surface area (Å²) in [6, 6.07) is 1.80. The lowest BCUT2D eigenvalue weighted by Gasteiger charge is -2.07. The molecule has 1 aromatic rings. The minimum absolute atomic E-state index is 0.548. The fourth-order valence-electron chi connectivity index (χ4n) is 1.89. The Morgan fingerprint density at radius 2 is 1.78 bits per heavy atom. The molecule has 0 aliphatic rings. The maximum absolute atomic E-state index is 5.73. The van der Waals surface area contributed by atoms with Gasteiger partial charge in [-0.05, 0) is 6.42 Å². The minimum Gasteiger partial charge on any atom is -0.384 e. The Kier molecular flexibility index (Phi) is 7.14. The molecule has 0 atom stereocenters. The van der Waals surface area contributed by atoms with Crippen molar-refractivity contribution in [3.63, 3.8) is 0 Å². The Morgan fingerprint density at radius 3 is 2.50 bits per heavy atom. The average molecular weight is 250 g/mol. The predicted molar refractivity (Wildman–Crippen MR) is 77.7 cm³/mol. The van der Waals surface area contributed by atoms with Gasteiger partial charge in [0.1, 0.15) is 17.5 Å². The normalized spacial score (nSPS) is 10.6. The van der Waals surface area contributed by atoms with Crippen LogP contribution in [0.2, 0.25) is 0 Å². The van der Waals surface area contributed by atoms with Gasteiger partial charge in [0.2, 0.25) is 0 Å². The predicted octanol–water partition coefficient (Wildman–Crippen LogP) is 3.39. The second-order valence-electron chi connectivity index (χ2n) is 4.64. The van der Waals surface area contributed by atoms with Gasteiger partial charge >= 0.3 is 0 Å². The van der Waals surface area contributed by atoms with Crippen LogP contribution < -0.4 is 11.1 Å². The van der Waals surface area contributed by atoms with Crippen molar-refractivity contribution in [1.29, 1.82) is 0 Å². The molecule has 102 valence electrons. The SMILES string of the molecule is CCCCCCCCNc1cc(N)nc(CC)n1. The largest absolute Gasteiger partial charge is 0.384 e. The molecule has 0 fully saturated rings. The van der Waals surface area contributed by atoms with Crippen LogP contribution >= 0.6 is 0 Å². The molecule has 3 N–H and O–H groups in total. The number of hydrogen-bond acceptors (Lipinski definition) is 4. The third kappa shape index (κ3) is 5.84. The summed E-state index contributed by atoms with van der Waals surface area (Å²) in [5.74, 6) is 2.21. The van der Waals surface area contributed by atoms with Crippen molar-refractivity contribution in [3.05, 3.63) is 11.9 Å². The highest BCUT2D eigenvalue weighted by molar-refractivity contribution is 5.44.